The molecule has 2 heterocycles. The molecule has 2 aromatic carbocycles. The second kappa shape index (κ2) is 5.39. The third-order valence-corrected chi connectivity index (χ3v) is 5.87. The maximum atomic E-state index is 12.8. The number of carbonyl (C=O) groups is 1. The van der Waals surface area contributed by atoms with Gasteiger partial charge in [-0.3, -0.25) is 10.2 Å². The first-order valence-corrected chi connectivity index (χ1v) is 8.86. The number of fused-ring (bicyclic) bond motifs is 2. The number of halogens is 1. The van der Waals surface area contributed by atoms with Crippen molar-refractivity contribution in [2.24, 2.45) is 5.10 Å². The van der Waals surface area contributed by atoms with E-state index < -0.39 is 4.87 Å². The zero-order valence-electron chi connectivity index (χ0n) is 12.4. The minimum Gasteiger partial charge on any atom is -0.312 e. The van der Waals surface area contributed by atoms with E-state index in [2.05, 4.69) is 38.6 Å². The number of hydrazone groups is 1. The predicted molar refractivity (Wildman–Crippen MR) is 97.5 cm³/mol. The molecular formula is C17H14BrN3OS. The van der Waals surface area contributed by atoms with Crippen LogP contribution in [0, 0.1) is 0 Å². The Bertz CT molecular complexity index is 824. The third kappa shape index (κ3) is 2.28. The second-order valence-electron chi connectivity index (χ2n) is 5.59. The molecule has 1 amide bonds. The van der Waals surface area contributed by atoms with E-state index in [4.69, 9.17) is 0 Å². The SMILES string of the molecule is CN1C(=O)C2(NN=C(Cc3ccccc3)S2)c2cc(Br)ccc21. The second-order valence-corrected chi connectivity index (χ2v) is 7.79. The summed E-state index contributed by atoms with van der Waals surface area (Å²) in [5, 5.41) is 5.37. The van der Waals surface area contributed by atoms with E-state index in [0.717, 1.165) is 27.2 Å². The first-order chi connectivity index (χ1) is 11.1. The lowest BCUT2D eigenvalue weighted by Crippen LogP contribution is -2.43. The topological polar surface area (TPSA) is 44.7 Å². The molecule has 0 saturated carbocycles. The van der Waals surface area contributed by atoms with Crippen molar-refractivity contribution < 1.29 is 4.79 Å². The van der Waals surface area contributed by atoms with Crippen LogP contribution in [-0.2, 0) is 16.1 Å². The van der Waals surface area contributed by atoms with Crippen molar-refractivity contribution in [2.75, 3.05) is 11.9 Å². The normalized spacial score (nSPS) is 22.3. The fourth-order valence-corrected chi connectivity index (χ4v) is 4.59. The number of amides is 1. The van der Waals surface area contributed by atoms with Crippen molar-refractivity contribution in [2.45, 2.75) is 11.3 Å². The molecule has 116 valence electrons. The summed E-state index contributed by atoms with van der Waals surface area (Å²) < 4.78 is 0.956. The Morgan fingerprint density at radius 2 is 2.04 bits per heavy atom. The van der Waals surface area contributed by atoms with E-state index in [9.17, 15) is 4.79 Å². The average Bonchev–Trinajstić information content (AvgIpc) is 3.06. The number of likely N-dealkylation sites (N-methyl/N-ethyl adjacent to an activating group) is 1. The lowest BCUT2D eigenvalue weighted by Gasteiger charge is -2.21. The summed E-state index contributed by atoms with van der Waals surface area (Å²) in [7, 11) is 1.81. The van der Waals surface area contributed by atoms with Crippen molar-refractivity contribution >= 4 is 44.3 Å². The van der Waals surface area contributed by atoms with E-state index in [-0.39, 0.29) is 5.91 Å². The number of hydrogen-bond acceptors (Lipinski definition) is 4. The minimum atomic E-state index is -0.835. The molecule has 0 radical (unpaired) electrons. The van der Waals surface area contributed by atoms with Gasteiger partial charge < -0.3 is 4.90 Å². The van der Waals surface area contributed by atoms with E-state index in [1.54, 1.807) is 11.9 Å². The van der Waals surface area contributed by atoms with Gasteiger partial charge in [-0.25, -0.2) is 0 Å². The summed E-state index contributed by atoms with van der Waals surface area (Å²) in [5.41, 5.74) is 6.17. The molecule has 2 aliphatic heterocycles. The molecule has 1 unspecified atom stereocenters. The summed E-state index contributed by atoms with van der Waals surface area (Å²) in [5.74, 6) is 0.0161. The largest absolute Gasteiger partial charge is 0.312 e. The zero-order valence-corrected chi connectivity index (χ0v) is 14.8. The molecule has 0 fully saturated rings. The van der Waals surface area contributed by atoms with Gasteiger partial charge in [-0.15, -0.1) is 0 Å². The van der Waals surface area contributed by atoms with Crippen molar-refractivity contribution in [1.82, 2.24) is 5.43 Å². The molecule has 0 bridgehead atoms. The zero-order chi connectivity index (χ0) is 16.0. The van der Waals surface area contributed by atoms with Crippen LogP contribution in [0.1, 0.15) is 11.1 Å². The Hall–Kier alpha value is -1.79. The summed E-state index contributed by atoms with van der Waals surface area (Å²) in [6.07, 6.45) is 0.723. The molecule has 1 N–H and O–H groups in total. The molecule has 4 rings (SSSR count). The number of hydrogen-bond donors (Lipinski definition) is 1. The lowest BCUT2D eigenvalue weighted by molar-refractivity contribution is -0.120. The maximum absolute atomic E-state index is 12.8. The number of anilines is 1. The summed E-state index contributed by atoms with van der Waals surface area (Å²) >= 11 is 5.01. The smallest absolute Gasteiger partial charge is 0.269 e. The molecule has 23 heavy (non-hydrogen) atoms. The predicted octanol–water partition coefficient (Wildman–Crippen LogP) is 3.47. The molecule has 2 aliphatic rings. The molecule has 6 heteroatoms. The molecule has 4 nitrogen and oxygen atoms in total. The highest BCUT2D eigenvalue weighted by Gasteiger charge is 2.54. The summed E-state index contributed by atoms with van der Waals surface area (Å²) in [6, 6.07) is 16.1. The highest BCUT2D eigenvalue weighted by atomic mass is 79.9. The molecular weight excluding hydrogens is 374 g/mol. The van der Waals surface area contributed by atoms with Crippen LogP contribution in [0.4, 0.5) is 5.69 Å². The quantitative estimate of drug-likeness (QED) is 0.857. The van der Waals surface area contributed by atoms with Crippen molar-refractivity contribution in [3.63, 3.8) is 0 Å². The van der Waals surface area contributed by atoms with Crippen molar-refractivity contribution in [3.05, 3.63) is 64.1 Å². The van der Waals surface area contributed by atoms with Crippen molar-refractivity contribution in [1.29, 1.82) is 0 Å². The summed E-state index contributed by atoms with van der Waals surface area (Å²) in [6.45, 7) is 0. The van der Waals surface area contributed by atoms with Gasteiger partial charge in [0.15, 0.2) is 0 Å². The van der Waals surface area contributed by atoms with Gasteiger partial charge in [-0.1, -0.05) is 58.0 Å². The Balaban J connectivity index is 1.67. The van der Waals surface area contributed by atoms with Crippen LogP contribution in [0.2, 0.25) is 0 Å². The van der Waals surface area contributed by atoms with Gasteiger partial charge >= 0.3 is 0 Å². The van der Waals surface area contributed by atoms with Gasteiger partial charge in [0.05, 0.1) is 5.69 Å². The van der Waals surface area contributed by atoms with Gasteiger partial charge in [0, 0.05) is 23.5 Å². The van der Waals surface area contributed by atoms with Crippen LogP contribution in [0.25, 0.3) is 0 Å². The monoisotopic (exact) mass is 387 g/mol. The van der Waals surface area contributed by atoms with E-state index in [1.165, 1.54) is 17.3 Å². The van der Waals surface area contributed by atoms with Gasteiger partial charge in [-0.2, -0.15) is 5.10 Å². The Morgan fingerprint density at radius 1 is 1.26 bits per heavy atom. The lowest BCUT2D eigenvalue weighted by atomic mass is 10.1. The van der Waals surface area contributed by atoms with Gasteiger partial charge in [0.25, 0.3) is 5.91 Å². The van der Waals surface area contributed by atoms with Crippen LogP contribution in [0.3, 0.4) is 0 Å². The Labute approximate surface area is 147 Å². The van der Waals surface area contributed by atoms with Crippen LogP contribution in [0.5, 0.6) is 0 Å². The first kappa shape index (κ1) is 14.8. The molecule has 0 saturated heterocycles. The average molecular weight is 388 g/mol. The highest BCUT2D eigenvalue weighted by Crippen LogP contribution is 2.50. The van der Waals surface area contributed by atoms with E-state index >= 15 is 0 Å². The van der Waals surface area contributed by atoms with Crippen LogP contribution < -0.4 is 10.3 Å². The van der Waals surface area contributed by atoms with Crippen LogP contribution in [0.15, 0.2) is 58.1 Å². The van der Waals surface area contributed by atoms with E-state index in [1.807, 2.05) is 36.4 Å². The molecule has 0 aliphatic carbocycles. The summed E-state index contributed by atoms with van der Waals surface area (Å²) in [4.78, 5) is 13.7. The molecule has 2 aromatic rings. The number of nitrogens with one attached hydrogen (secondary N) is 1. The van der Waals surface area contributed by atoms with Gasteiger partial charge in [0.1, 0.15) is 5.04 Å². The standard InChI is InChI=1S/C17H14BrN3OS/c1-21-14-8-7-12(18)10-13(14)17(16(21)22)20-19-15(23-17)9-11-5-3-2-4-6-11/h2-8,10,20H,9H2,1H3. The Morgan fingerprint density at radius 3 is 2.83 bits per heavy atom. The number of benzene rings is 2. The molecule has 0 aromatic heterocycles. The number of nitrogens with zero attached hydrogens (tertiary/aromatic N) is 2. The first-order valence-electron chi connectivity index (χ1n) is 7.25. The molecule has 1 atom stereocenters. The number of thioether (sulfide) groups is 1. The van der Waals surface area contributed by atoms with Crippen molar-refractivity contribution in [3.8, 4) is 0 Å². The highest BCUT2D eigenvalue weighted by molar-refractivity contribution is 9.10. The van der Waals surface area contributed by atoms with Gasteiger partial charge in [0.2, 0.25) is 4.87 Å². The number of rotatable bonds is 2. The fraction of sp³-hybridized carbons (Fsp3) is 0.176. The minimum absolute atomic E-state index is 0.0161. The van der Waals surface area contributed by atoms with Crippen LogP contribution >= 0.6 is 27.7 Å². The number of carbonyl (C=O) groups excluding carboxylic acids is 1. The van der Waals surface area contributed by atoms with Gasteiger partial charge in [-0.05, 0) is 23.8 Å². The molecule has 1 spiro atoms. The maximum Gasteiger partial charge on any atom is 0.269 e. The third-order valence-electron chi connectivity index (χ3n) is 4.11. The van der Waals surface area contributed by atoms with E-state index in [0.29, 0.717) is 0 Å². The Kier molecular flexibility index (Phi) is 3.46. The van der Waals surface area contributed by atoms with Crippen LogP contribution in [-0.4, -0.2) is 18.0 Å². The fourth-order valence-electron chi connectivity index (χ4n) is 2.96.